The van der Waals surface area contributed by atoms with Crippen molar-refractivity contribution in [2.45, 2.75) is 4.21 Å². The van der Waals surface area contributed by atoms with E-state index in [1.807, 2.05) is 0 Å². The molecule has 3 N–H and O–H groups in total. The lowest BCUT2D eigenvalue weighted by Crippen LogP contribution is -2.34. The van der Waals surface area contributed by atoms with Crippen LogP contribution in [-0.4, -0.2) is 44.7 Å². The van der Waals surface area contributed by atoms with E-state index in [0.717, 1.165) is 15.6 Å². The van der Waals surface area contributed by atoms with E-state index >= 15 is 0 Å². The Labute approximate surface area is 159 Å². The van der Waals surface area contributed by atoms with Crippen LogP contribution in [0.1, 0.15) is 0 Å². The Morgan fingerprint density at radius 1 is 1.31 bits per heavy atom. The first kappa shape index (κ1) is 20.2. The molecule has 140 valence electrons. The molecule has 0 aliphatic rings. The van der Waals surface area contributed by atoms with Gasteiger partial charge in [0.25, 0.3) is 15.9 Å². The molecule has 0 radical (unpaired) electrons. The molecule has 0 saturated heterocycles. The summed E-state index contributed by atoms with van der Waals surface area (Å²) in [7, 11) is -2.50. The summed E-state index contributed by atoms with van der Waals surface area (Å²) in [5, 5.41) is 2.57. The van der Waals surface area contributed by atoms with Gasteiger partial charge in [0, 0.05) is 18.8 Å². The van der Waals surface area contributed by atoms with Gasteiger partial charge < -0.3 is 15.8 Å². The molecule has 2 amide bonds. The number of anilines is 1. The van der Waals surface area contributed by atoms with E-state index in [4.69, 9.17) is 22.1 Å². The maximum absolute atomic E-state index is 12.4. The van der Waals surface area contributed by atoms with E-state index in [1.165, 1.54) is 25.2 Å². The topological polar surface area (TPSA) is 119 Å². The largest absolute Gasteiger partial charge is 0.484 e. The third kappa shape index (κ3) is 5.43. The van der Waals surface area contributed by atoms with Crippen LogP contribution in [0.4, 0.5) is 5.69 Å². The molecule has 1 aromatic heterocycles. The third-order valence-electron chi connectivity index (χ3n) is 3.08. The number of nitrogens with two attached hydrogens (primary N) is 1. The molecule has 8 nitrogen and oxygen atoms in total. The van der Waals surface area contributed by atoms with Crippen molar-refractivity contribution in [2.24, 2.45) is 5.73 Å². The Hall–Kier alpha value is -2.14. The first-order chi connectivity index (χ1) is 12.2. The summed E-state index contributed by atoms with van der Waals surface area (Å²) in [4.78, 5) is 22.9. The molecule has 0 saturated carbocycles. The molecule has 1 heterocycles. The van der Waals surface area contributed by atoms with Gasteiger partial charge in [0.15, 0.2) is 6.61 Å². The second kappa shape index (κ2) is 8.49. The predicted octanol–water partition coefficient (Wildman–Crippen LogP) is 1.52. The number of rotatable bonds is 8. The maximum atomic E-state index is 12.4. The summed E-state index contributed by atoms with van der Waals surface area (Å²) in [6, 6.07) is 9.16. The minimum absolute atomic E-state index is 0.0552. The summed E-state index contributed by atoms with van der Waals surface area (Å²) in [6.45, 7) is -0.675. The van der Waals surface area contributed by atoms with E-state index in [9.17, 15) is 18.0 Å². The summed E-state index contributed by atoms with van der Waals surface area (Å²) < 4.78 is 31.2. The average molecular weight is 418 g/mol. The van der Waals surface area contributed by atoms with E-state index in [0.29, 0.717) is 15.8 Å². The van der Waals surface area contributed by atoms with Crippen LogP contribution in [0, 0.1) is 0 Å². The molecule has 2 aromatic rings. The molecule has 1 aromatic carbocycles. The summed E-state index contributed by atoms with van der Waals surface area (Å²) in [6.07, 6.45) is 0. The smallest absolute Gasteiger partial charge is 0.255 e. The molecule has 26 heavy (non-hydrogen) atoms. The molecular weight excluding hydrogens is 402 g/mol. The number of nitrogens with one attached hydrogen (secondary N) is 1. The molecule has 11 heteroatoms. The Morgan fingerprint density at radius 3 is 2.65 bits per heavy atom. The Bertz CT molecular complexity index is 914. The van der Waals surface area contributed by atoms with Gasteiger partial charge in [-0.25, -0.2) is 8.42 Å². The highest BCUT2D eigenvalue weighted by atomic mass is 35.5. The first-order valence-electron chi connectivity index (χ1n) is 7.21. The Balaban J connectivity index is 2.00. The van der Waals surface area contributed by atoms with Gasteiger partial charge in [-0.05, 0) is 24.3 Å². The highest BCUT2D eigenvalue weighted by Gasteiger charge is 2.24. The first-order valence-corrected chi connectivity index (χ1v) is 9.84. The molecular formula is C15H16ClN3O5S2. The number of nitrogens with zero attached hydrogens (tertiary/aromatic N) is 1. The van der Waals surface area contributed by atoms with E-state index < -0.39 is 21.8 Å². The molecule has 0 bridgehead atoms. The van der Waals surface area contributed by atoms with E-state index in [-0.39, 0.29) is 17.4 Å². The number of sulfonamides is 1. The summed E-state index contributed by atoms with van der Waals surface area (Å²) in [5.41, 5.74) is 5.39. The fraction of sp³-hybridized carbons (Fsp3) is 0.200. The van der Waals surface area contributed by atoms with Crippen LogP contribution in [0.3, 0.4) is 0 Å². The number of hydrogen-bond donors (Lipinski definition) is 2. The van der Waals surface area contributed by atoms with Crippen molar-refractivity contribution in [3.05, 3.63) is 40.7 Å². The van der Waals surface area contributed by atoms with Crippen LogP contribution in [0.15, 0.2) is 40.6 Å². The summed E-state index contributed by atoms with van der Waals surface area (Å²) >= 11 is 6.67. The second-order valence-electron chi connectivity index (χ2n) is 5.15. The number of amides is 2. The van der Waals surface area contributed by atoms with Crippen molar-refractivity contribution >= 4 is 50.5 Å². The van der Waals surface area contributed by atoms with Crippen molar-refractivity contribution in [1.82, 2.24) is 4.31 Å². The van der Waals surface area contributed by atoms with Crippen molar-refractivity contribution < 1.29 is 22.7 Å². The molecule has 2 rings (SSSR count). The number of halogens is 1. The number of carbonyl (C=O) groups excluding carboxylic acids is 2. The van der Waals surface area contributed by atoms with Gasteiger partial charge in [-0.15, -0.1) is 11.3 Å². The number of carbonyl (C=O) groups is 2. The monoisotopic (exact) mass is 417 g/mol. The van der Waals surface area contributed by atoms with Crippen LogP contribution < -0.4 is 15.8 Å². The highest BCUT2D eigenvalue weighted by molar-refractivity contribution is 7.91. The number of thiophene rings is 1. The number of likely N-dealkylation sites (N-methyl/N-ethyl adjacent to an activating group) is 1. The number of primary amides is 1. The predicted molar refractivity (Wildman–Crippen MR) is 98.9 cm³/mol. The van der Waals surface area contributed by atoms with Gasteiger partial charge >= 0.3 is 0 Å². The maximum Gasteiger partial charge on any atom is 0.255 e. The zero-order chi connectivity index (χ0) is 19.3. The van der Waals surface area contributed by atoms with Gasteiger partial charge in [0.2, 0.25) is 5.91 Å². The fourth-order valence-corrected chi connectivity index (χ4v) is 4.72. The molecule has 0 aliphatic carbocycles. The quantitative estimate of drug-likeness (QED) is 0.675. The third-order valence-corrected chi connectivity index (χ3v) is 6.58. The Morgan fingerprint density at radius 2 is 2.04 bits per heavy atom. The van der Waals surface area contributed by atoms with Crippen LogP contribution in [0.25, 0.3) is 0 Å². The van der Waals surface area contributed by atoms with Crippen LogP contribution in [0.2, 0.25) is 4.34 Å². The van der Waals surface area contributed by atoms with Gasteiger partial charge in [0.05, 0.1) is 10.9 Å². The van der Waals surface area contributed by atoms with Gasteiger partial charge in [-0.3, -0.25) is 9.59 Å². The lowest BCUT2D eigenvalue weighted by Gasteiger charge is -2.16. The van der Waals surface area contributed by atoms with Crippen molar-refractivity contribution in [2.75, 3.05) is 25.5 Å². The van der Waals surface area contributed by atoms with Crippen molar-refractivity contribution in [3.63, 3.8) is 0 Å². The van der Waals surface area contributed by atoms with E-state index in [1.54, 1.807) is 18.2 Å². The minimum Gasteiger partial charge on any atom is -0.484 e. The number of hydrogen-bond acceptors (Lipinski definition) is 6. The van der Waals surface area contributed by atoms with E-state index in [2.05, 4.69) is 5.32 Å². The fourth-order valence-electron chi connectivity index (χ4n) is 1.90. The van der Waals surface area contributed by atoms with Gasteiger partial charge in [-0.2, -0.15) is 4.31 Å². The van der Waals surface area contributed by atoms with Crippen molar-refractivity contribution in [1.29, 1.82) is 0 Å². The molecule has 0 fully saturated rings. The number of ether oxygens (including phenoxy) is 1. The number of benzene rings is 1. The van der Waals surface area contributed by atoms with Crippen LogP contribution in [0.5, 0.6) is 5.75 Å². The zero-order valence-corrected chi connectivity index (χ0v) is 16.0. The lowest BCUT2D eigenvalue weighted by atomic mass is 10.3. The van der Waals surface area contributed by atoms with Crippen molar-refractivity contribution in [3.8, 4) is 5.75 Å². The van der Waals surface area contributed by atoms with Crippen LogP contribution >= 0.6 is 22.9 Å². The lowest BCUT2D eigenvalue weighted by molar-refractivity contribution is -0.120. The molecule has 0 unspecified atom stereocenters. The van der Waals surface area contributed by atoms with Gasteiger partial charge in [0.1, 0.15) is 9.96 Å². The Kier molecular flexibility index (Phi) is 6.59. The highest BCUT2D eigenvalue weighted by Crippen LogP contribution is 2.27. The zero-order valence-electron chi connectivity index (χ0n) is 13.6. The molecule has 0 spiro atoms. The standard InChI is InChI=1S/C15H16ClN3O5S2/c1-19(26(22,23)15-6-5-12(16)25-15)8-14(21)18-10-3-2-4-11(7-10)24-9-13(17)20/h2-7H,8-9H2,1H3,(H2,17,20)(H,18,21). The van der Waals surface area contributed by atoms with Gasteiger partial charge in [-0.1, -0.05) is 17.7 Å². The molecule has 0 atom stereocenters. The average Bonchev–Trinajstić information content (AvgIpc) is 3.00. The molecule has 0 aliphatic heterocycles. The summed E-state index contributed by atoms with van der Waals surface area (Å²) in [5.74, 6) is -0.818. The minimum atomic E-state index is -3.80. The van der Waals surface area contributed by atoms with Crippen LogP contribution in [-0.2, 0) is 19.6 Å². The SMILES string of the molecule is CN(CC(=O)Nc1cccc(OCC(N)=O)c1)S(=O)(=O)c1ccc(Cl)s1. The normalized spacial score (nSPS) is 11.3. The second-order valence-corrected chi connectivity index (χ2v) is 9.14.